The summed E-state index contributed by atoms with van der Waals surface area (Å²) in [5.74, 6) is -1.40. The smallest absolute Gasteiger partial charge is 0.337 e. The van der Waals surface area contributed by atoms with Crippen LogP contribution < -0.4 is 10.6 Å². The zero-order valence-electron chi connectivity index (χ0n) is 17.4. The van der Waals surface area contributed by atoms with Crippen molar-refractivity contribution in [2.45, 2.75) is 19.3 Å². The van der Waals surface area contributed by atoms with Gasteiger partial charge in [0.25, 0.3) is 0 Å². The Morgan fingerprint density at radius 2 is 2.00 bits per heavy atom. The van der Waals surface area contributed by atoms with Crippen LogP contribution in [0.15, 0.2) is 57.5 Å². The van der Waals surface area contributed by atoms with E-state index in [9.17, 15) is 19.6 Å². The minimum atomic E-state index is -0.462. The fraction of sp³-hybridized carbons (Fsp3) is 0.217. The Morgan fingerprint density at radius 1 is 1.28 bits per heavy atom. The maximum atomic E-state index is 12.4. The Morgan fingerprint density at radius 3 is 2.62 bits per heavy atom. The lowest BCUT2D eigenvalue weighted by Gasteiger charge is -2.25. The fourth-order valence-corrected chi connectivity index (χ4v) is 4.70. The summed E-state index contributed by atoms with van der Waals surface area (Å²) in [6.45, 7) is 1.95. The summed E-state index contributed by atoms with van der Waals surface area (Å²) in [4.78, 5) is 36.4. The van der Waals surface area contributed by atoms with Crippen LogP contribution in [0.25, 0.3) is 0 Å². The highest BCUT2D eigenvalue weighted by atomic mass is 79.9. The van der Waals surface area contributed by atoms with Crippen LogP contribution in [0.5, 0.6) is 0 Å². The van der Waals surface area contributed by atoms with Gasteiger partial charge in [0.2, 0.25) is 11.8 Å². The molecule has 0 saturated heterocycles. The van der Waals surface area contributed by atoms with Gasteiger partial charge in [-0.3, -0.25) is 9.59 Å². The highest BCUT2D eigenvalue weighted by Crippen LogP contribution is 2.36. The van der Waals surface area contributed by atoms with Gasteiger partial charge in [0.15, 0.2) is 0 Å². The number of nitriles is 1. The molecule has 0 saturated carbocycles. The van der Waals surface area contributed by atoms with Gasteiger partial charge in [-0.1, -0.05) is 30.0 Å². The van der Waals surface area contributed by atoms with E-state index in [1.54, 1.807) is 30.3 Å². The number of hydrogen-bond acceptors (Lipinski definition) is 6. The SMILES string of the molecule is COC(=O)c1ccc([C@H]2CC(=O)NC(SCC(=O)Nc3ccc(C)cc3Br)=C2C#N)cc1. The van der Waals surface area contributed by atoms with Crippen molar-refractivity contribution in [3.05, 3.63) is 74.2 Å². The number of esters is 1. The molecule has 0 unspecified atom stereocenters. The van der Waals surface area contributed by atoms with Gasteiger partial charge in [0.05, 0.1) is 40.8 Å². The predicted octanol–water partition coefficient (Wildman–Crippen LogP) is 4.25. The zero-order valence-corrected chi connectivity index (χ0v) is 19.8. The van der Waals surface area contributed by atoms with Gasteiger partial charge in [0.1, 0.15) is 0 Å². The van der Waals surface area contributed by atoms with Crippen LogP contribution in [0.4, 0.5) is 5.69 Å². The molecular formula is C23H20BrN3O4S. The average Bonchev–Trinajstić information content (AvgIpc) is 2.78. The van der Waals surface area contributed by atoms with Gasteiger partial charge in [-0.2, -0.15) is 5.26 Å². The topological polar surface area (TPSA) is 108 Å². The largest absolute Gasteiger partial charge is 0.465 e. The highest BCUT2D eigenvalue weighted by Gasteiger charge is 2.30. The summed E-state index contributed by atoms with van der Waals surface area (Å²) >= 11 is 4.53. The van der Waals surface area contributed by atoms with Crippen molar-refractivity contribution in [1.29, 1.82) is 5.26 Å². The first kappa shape index (κ1) is 23.6. The Hall–Kier alpha value is -3.09. The molecule has 1 aliphatic heterocycles. The minimum Gasteiger partial charge on any atom is -0.465 e. The molecule has 7 nitrogen and oxygen atoms in total. The van der Waals surface area contributed by atoms with Gasteiger partial charge >= 0.3 is 5.97 Å². The number of rotatable bonds is 6. The molecule has 1 atom stereocenters. The van der Waals surface area contributed by atoms with Crippen molar-refractivity contribution < 1.29 is 19.1 Å². The average molecular weight is 514 g/mol. The van der Waals surface area contributed by atoms with Gasteiger partial charge in [-0.25, -0.2) is 4.79 Å². The molecular weight excluding hydrogens is 494 g/mol. The van der Waals surface area contributed by atoms with E-state index < -0.39 is 11.9 Å². The number of anilines is 1. The highest BCUT2D eigenvalue weighted by molar-refractivity contribution is 9.10. The molecule has 0 spiro atoms. The summed E-state index contributed by atoms with van der Waals surface area (Å²) in [7, 11) is 1.30. The first-order valence-electron chi connectivity index (χ1n) is 9.63. The standard InChI is InChI=1S/C23H20BrN3O4S/c1-13-3-8-19(18(24)9-13)26-21(29)12-32-22-17(11-25)16(10-20(28)27-22)14-4-6-15(7-5-14)23(30)31-2/h3-9,16H,10,12H2,1-2H3,(H,26,29)(H,27,28)/t16-/m1/s1. The third-order valence-electron chi connectivity index (χ3n) is 4.84. The van der Waals surface area contributed by atoms with E-state index in [1.807, 2.05) is 19.1 Å². The van der Waals surface area contributed by atoms with Gasteiger partial charge in [-0.15, -0.1) is 0 Å². The van der Waals surface area contributed by atoms with Crippen LogP contribution in [0.2, 0.25) is 0 Å². The summed E-state index contributed by atoms with van der Waals surface area (Å²) in [5.41, 5.74) is 3.20. The molecule has 0 bridgehead atoms. The monoisotopic (exact) mass is 513 g/mol. The van der Waals surface area contributed by atoms with Crippen LogP contribution >= 0.6 is 27.7 Å². The van der Waals surface area contributed by atoms with Crippen LogP contribution in [-0.4, -0.2) is 30.6 Å². The number of amides is 2. The second kappa shape index (κ2) is 10.5. The van der Waals surface area contributed by atoms with Crippen molar-refractivity contribution in [3.8, 4) is 6.07 Å². The van der Waals surface area contributed by atoms with E-state index >= 15 is 0 Å². The van der Waals surface area contributed by atoms with Crippen molar-refractivity contribution in [3.63, 3.8) is 0 Å². The number of thioether (sulfide) groups is 1. The Labute approximate surface area is 198 Å². The number of methoxy groups -OCH3 is 1. The molecule has 1 aliphatic rings. The zero-order chi connectivity index (χ0) is 23.3. The first-order chi connectivity index (χ1) is 15.3. The number of carbonyl (C=O) groups is 3. The van der Waals surface area contributed by atoms with E-state index in [2.05, 4.69) is 32.6 Å². The van der Waals surface area contributed by atoms with Crippen LogP contribution in [-0.2, 0) is 14.3 Å². The quantitative estimate of drug-likeness (QED) is 0.558. The molecule has 1 heterocycles. The van der Waals surface area contributed by atoms with Crippen molar-refractivity contribution in [2.24, 2.45) is 0 Å². The lowest BCUT2D eigenvalue weighted by Crippen LogP contribution is -2.31. The molecule has 0 aliphatic carbocycles. The molecule has 9 heteroatoms. The number of aryl methyl sites for hydroxylation is 1. The van der Waals surface area contributed by atoms with Crippen molar-refractivity contribution in [2.75, 3.05) is 18.2 Å². The normalized spacial score (nSPS) is 15.6. The third-order valence-corrected chi connectivity index (χ3v) is 6.51. The number of nitrogens with one attached hydrogen (secondary N) is 2. The van der Waals surface area contributed by atoms with Crippen molar-refractivity contribution >= 4 is 51.2 Å². The predicted molar refractivity (Wildman–Crippen MR) is 126 cm³/mol. The van der Waals surface area contributed by atoms with E-state index in [1.165, 1.54) is 7.11 Å². The lowest BCUT2D eigenvalue weighted by molar-refractivity contribution is -0.121. The summed E-state index contributed by atoms with van der Waals surface area (Å²) in [5, 5.41) is 15.7. The van der Waals surface area contributed by atoms with E-state index in [0.29, 0.717) is 21.9 Å². The number of ether oxygens (including phenoxy) is 1. The Kier molecular flexibility index (Phi) is 7.72. The van der Waals surface area contributed by atoms with Crippen LogP contribution in [0.1, 0.15) is 33.8 Å². The molecule has 0 aromatic heterocycles. The molecule has 2 amide bonds. The molecule has 0 radical (unpaired) electrons. The summed E-state index contributed by atoms with van der Waals surface area (Å²) in [6, 6.07) is 14.4. The number of hydrogen-bond donors (Lipinski definition) is 2. The maximum Gasteiger partial charge on any atom is 0.337 e. The van der Waals surface area contributed by atoms with Crippen molar-refractivity contribution in [1.82, 2.24) is 5.32 Å². The maximum absolute atomic E-state index is 12.4. The minimum absolute atomic E-state index is 0.0229. The van der Waals surface area contributed by atoms with Gasteiger partial charge in [-0.05, 0) is 58.2 Å². The molecule has 2 aromatic carbocycles. The van der Waals surface area contributed by atoms with E-state index in [-0.39, 0.29) is 24.0 Å². The fourth-order valence-electron chi connectivity index (χ4n) is 3.23. The second-order valence-electron chi connectivity index (χ2n) is 7.09. The summed E-state index contributed by atoms with van der Waals surface area (Å²) < 4.78 is 5.47. The number of allylic oxidation sites excluding steroid dienone is 1. The van der Waals surface area contributed by atoms with Gasteiger partial charge < -0.3 is 15.4 Å². The molecule has 0 fully saturated rings. The number of halogens is 1. The first-order valence-corrected chi connectivity index (χ1v) is 11.4. The lowest BCUT2D eigenvalue weighted by atomic mass is 9.87. The Balaban J connectivity index is 1.76. The molecule has 32 heavy (non-hydrogen) atoms. The summed E-state index contributed by atoms with van der Waals surface area (Å²) in [6.07, 6.45) is 0.104. The second-order valence-corrected chi connectivity index (χ2v) is 8.93. The van der Waals surface area contributed by atoms with Crippen LogP contribution in [0.3, 0.4) is 0 Å². The number of nitrogens with zero attached hydrogens (tertiary/aromatic N) is 1. The van der Waals surface area contributed by atoms with E-state index in [0.717, 1.165) is 27.4 Å². The number of benzene rings is 2. The molecule has 2 N–H and O–H groups in total. The van der Waals surface area contributed by atoms with Gasteiger partial charge in [0, 0.05) is 16.8 Å². The third kappa shape index (κ3) is 5.58. The van der Waals surface area contributed by atoms with Crippen LogP contribution in [0, 0.1) is 18.3 Å². The van der Waals surface area contributed by atoms with E-state index in [4.69, 9.17) is 4.74 Å². The molecule has 3 rings (SSSR count). The molecule has 164 valence electrons. The Bertz CT molecular complexity index is 1140. The molecule has 2 aromatic rings. The number of carbonyl (C=O) groups excluding carboxylic acids is 3.